The molecule has 2 heterocycles. The average Bonchev–Trinajstić information content (AvgIpc) is 3.21. The van der Waals surface area contributed by atoms with E-state index in [0.717, 1.165) is 50.0 Å². The third-order valence-corrected chi connectivity index (χ3v) is 10.1. The minimum atomic E-state index is -1.01. The maximum atomic E-state index is 13.1. The molecule has 4 aliphatic rings. The molecule has 6 rings (SSSR count). The smallest absolute Gasteiger partial charge is 0.311 e. The first-order chi connectivity index (χ1) is 17.9. The number of piperidine rings is 1. The van der Waals surface area contributed by atoms with Crippen LogP contribution in [0, 0.1) is 29.1 Å². The summed E-state index contributed by atoms with van der Waals surface area (Å²) >= 11 is 0. The standard InChI is InChI=1S/C33H41NO3/c1-23-10-9-17-32(2)21-30-27(20-29(23)32)28(31(35)37-30)22-34-18-15-26(16-19-34)33(36,24-11-5-3-6-12-24)25-13-7-4-8-14-25/h3-8,11-14,20,23,26-28,30,36H,9-10,15-19,21-22H2,1-2H3. The van der Waals surface area contributed by atoms with Gasteiger partial charge in [0.15, 0.2) is 0 Å². The van der Waals surface area contributed by atoms with E-state index in [1.165, 1.54) is 19.3 Å². The zero-order valence-electron chi connectivity index (χ0n) is 22.3. The number of likely N-dealkylation sites (tertiary alicyclic amines) is 1. The van der Waals surface area contributed by atoms with Gasteiger partial charge in [0.1, 0.15) is 11.7 Å². The minimum Gasteiger partial charge on any atom is -0.461 e. The summed E-state index contributed by atoms with van der Waals surface area (Å²) in [4.78, 5) is 15.5. The number of benzene rings is 2. The molecule has 196 valence electrons. The summed E-state index contributed by atoms with van der Waals surface area (Å²) in [5.41, 5.74) is 2.69. The van der Waals surface area contributed by atoms with Gasteiger partial charge in [-0.1, -0.05) is 92.6 Å². The van der Waals surface area contributed by atoms with Crippen molar-refractivity contribution in [3.05, 3.63) is 83.4 Å². The lowest BCUT2D eigenvalue weighted by Crippen LogP contribution is -2.46. The Kier molecular flexibility index (Phi) is 6.53. The number of hydrogen-bond acceptors (Lipinski definition) is 4. The van der Waals surface area contributed by atoms with Crippen molar-refractivity contribution in [2.75, 3.05) is 19.6 Å². The Morgan fingerprint density at radius 3 is 2.24 bits per heavy atom. The summed E-state index contributed by atoms with van der Waals surface area (Å²) in [7, 11) is 0. The summed E-state index contributed by atoms with van der Waals surface area (Å²) in [5.74, 6) is 0.862. The van der Waals surface area contributed by atoms with E-state index in [9.17, 15) is 9.90 Å². The number of allylic oxidation sites excluding steroid dienone is 1. The van der Waals surface area contributed by atoms with Gasteiger partial charge in [0, 0.05) is 12.5 Å². The van der Waals surface area contributed by atoms with Crippen molar-refractivity contribution in [1.82, 2.24) is 4.90 Å². The number of esters is 1. The molecule has 5 unspecified atom stereocenters. The first kappa shape index (κ1) is 24.9. The van der Waals surface area contributed by atoms with E-state index in [4.69, 9.17) is 4.74 Å². The van der Waals surface area contributed by atoms with Crippen molar-refractivity contribution < 1.29 is 14.6 Å². The van der Waals surface area contributed by atoms with Crippen LogP contribution in [-0.4, -0.2) is 41.7 Å². The van der Waals surface area contributed by atoms with Crippen LogP contribution in [0.25, 0.3) is 0 Å². The quantitative estimate of drug-likeness (QED) is 0.408. The molecule has 1 N–H and O–H groups in total. The molecular weight excluding hydrogens is 458 g/mol. The summed E-state index contributed by atoms with van der Waals surface area (Å²) < 4.78 is 6.01. The molecule has 37 heavy (non-hydrogen) atoms. The molecule has 2 aromatic carbocycles. The number of fused-ring (bicyclic) bond motifs is 2. The van der Waals surface area contributed by atoms with Crippen LogP contribution in [0.5, 0.6) is 0 Å². The third kappa shape index (κ3) is 4.36. The van der Waals surface area contributed by atoms with Gasteiger partial charge in [-0.25, -0.2) is 0 Å². The molecule has 3 fully saturated rings. The van der Waals surface area contributed by atoms with Crippen molar-refractivity contribution >= 4 is 5.97 Å². The molecule has 2 aliphatic heterocycles. The summed E-state index contributed by atoms with van der Waals surface area (Å²) in [6, 6.07) is 20.2. The van der Waals surface area contributed by atoms with Gasteiger partial charge in [-0.05, 0) is 73.6 Å². The van der Waals surface area contributed by atoms with E-state index < -0.39 is 5.60 Å². The van der Waals surface area contributed by atoms with Crippen LogP contribution in [0.1, 0.15) is 63.5 Å². The Hall–Kier alpha value is -2.43. The predicted molar refractivity (Wildman–Crippen MR) is 146 cm³/mol. The highest BCUT2D eigenvalue weighted by Crippen LogP contribution is 2.54. The Balaban J connectivity index is 1.18. The topological polar surface area (TPSA) is 49.8 Å². The second-order valence-electron chi connectivity index (χ2n) is 12.4. The third-order valence-electron chi connectivity index (χ3n) is 10.1. The predicted octanol–water partition coefficient (Wildman–Crippen LogP) is 5.95. The molecule has 0 amide bonds. The first-order valence-corrected chi connectivity index (χ1v) is 14.4. The van der Waals surface area contributed by atoms with Crippen LogP contribution in [-0.2, 0) is 15.1 Å². The maximum absolute atomic E-state index is 13.1. The summed E-state index contributed by atoms with van der Waals surface area (Å²) in [5, 5.41) is 12.2. The van der Waals surface area contributed by atoms with Crippen LogP contribution in [0.3, 0.4) is 0 Å². The Morgan fingerprint density at radius 1 is 1.00 bits per heavy atom. The highest BCUT2D eigenvalue weighted by Gasteiger charge is 2.52. The first-order valence-electron chi connectivity index (χ1n) is 14.4. The fraction of sp³-hybridized carbons (Fsp3) is 0.545. The lowest BCUT2D eigenvalue weighted by Gasteiger charge is -2.46. The van der Waals surface area contributed by atoms with Gasteiger partial charge in [0.05, 0.1) is 5.92 Å². The van der Waals surface area contributed by atoms with Gasteiger partial charge in [0.2, 0.25) is 0 Å². The number of carbonyl (C=O) groups excluding carboxylic acids is 1. The van der Waals surface area contributed by atoms with E-state index >= 15 is 0 Å². The van der Waals surface area contributed by atoms with Gasteiger partial charge >= 0.3 is 5.97 Å². The molecule has 0 spiro atoms. The number of carbonyl (C=O) groups is 1. The Morgan fingerprint density at radius 2 is 1.62 bits per heavy atom. The number of hydrogen-bond donors (Lipinski definition) is 1. The van der Waals surface area contributed by atoms with Crippen LogP contribution >= 0.6 is 0 Å². The van der Waals surface area contributed by atoms with E-state index in [-0.39, 0.29) is 35.2 Å². The van der Waals surface area contributed by atoms with Gasteiger partial charge in [-0.15, -0.1) is 0 Å². The fourth-order valence-electron chi connectivity index (χ4n) is 8.09. The molecule has 2 aromatic rings. The van der Waals surface area contributed by atoms with Gasteiger partial charge in [-0.3, -0.25) is 4.79 Å². The Bertz CT molecular complexity index is 1100. The molecule has 2 aliphatic carbocycles. The molecule has 1 saturated carbocycles. The fourth-order valence-corrected chi connectivity index (χ4v) is 8.09. The SMILES string of the molecule is CC1CCCC2(C)CC3OC(=O)C(CN4CCC(C(O)(c5ccccc5)c5ccccc5)CC4)C3C=C12. The van der Waals surface area contributed by atoms with Crippen LogP contribution < -0.4 is 0 Å². The zero-order valence-corrected chi connectivity index (χ0v) is 22.3. The zero-order chi connectivity index (χ0) is 25.6. The second kappa shape index (κ2) is 9.71. The Labute approximate surface area is 221 Å². The molecule has 4 heteroatoms. The van der Waals surface area contributed by atoms with Crippen molar-refractivity contribution in [3.8, 4) is 0 Å². The minimum absolute atomic E-state index is 0.00560. The second-order valence-corrected chi connectivity index (χ2v) is 12.4. The van der Waals surface area contributed by atoms with E-state index in [1.807, 2.05) is 60.7 Å². The van der Waals surface area contributed by atoms with Crippen LogP contribution in [0.15, 0.2) is 72.3 Å². The van der Waals surface area contributed by atoms with Crippen LogP contribution in [0.2, 0.25) is 0 Å². The molecule has 2 saturated heterocycles. The summed E-state index contributed by atoms with van der Waals surface area (Å²) in [6.45, 7) is 7.28. The van der Waals surface area contributed by atoms with Crippen molar-refractivity contribution in [2.45, 2.75) is 64.1 Å². The summed E-state index contributed by atoms with van der Waals surface area (Å²) in [6.07, 6.45) is 9.03. The van der Waals surface area contributed by atoms with Gasteiger partial charge in [0.25, 0.3) is 0 Å². The monoisotopic (exact) mass is 499 g/mol. The molecular formula is C33H41NO3. The highest BCUT2D eigenvalue weighted by atomic mass is 16.6. The molecule has 0 bridgehead atoms. The van der Waals surface area contributed by atoms with Crippen LogP contribution in [0.4, 0.5) is 0 Å². The number of rotatable bonds is 5. The van der Waals surface area contributed by atoms with Crippen molar-refractivity contribution in [2.24, 2.45) is 29.1 Å². The largest absolute Gasteiger partial charge is 0.461 e. The number of aliphatic hydroxyl groups is 1. The van der Waals surface area contributed by atoms with E-state index in [0.29, 0.717) is 5.92 Å². The van der Waals surface area contributed by atoms with Gasteiger partial charge in [-0.2, -0.15) is 0 Å². The molecule has 0 radical (unpaired) electrons. The van der Waals surface area contributed by atoms with Gasteiger partial charge < -0.3 is 14.7 Å². The molecule has 5 atom stereocenters. The normalized spacial score (nSPS) is 32.8. The highest BCUT2D eigenvalue weighted by molar-refractivity contribution is 5.76. The maximum Gasteiger partial charge on any atom is 0.311 e. The lowest BCUT2D eigenvalue weighted by atomic mass is 9.59. The van der Waals surface area contributed by atoms with Crippen molar-refractivity contribution in [3.63, 3.8) is 0 Å². The number of nitrogens with zero attached hydrogens (tertiary/aromatic N) is 1. The average molecular weight is 500 g/mol. The number of ether oxygens (including phenoxy) is 1. The van der Waals surface area contributed by atoms with E-state index in [1.54, 1.807) is 5.57 Å². The molecule has 0 aromatic heterocycles. The molecule has 4 nitrogen and oxygen atoms in total. The van der Waals surface area contributed by atoms with E-state index in [2.05, 4.69) is 24.8 Å². The lowest BCUT2D eigenvalue weighted by molar-refractivity contribution is -0.145. The van der Waals surface area contributed by atoms with Crippen molar-refractivity contribution in [1.29, 1.82) is 0 Å².